The molecule has 0 aliphatic rings. The zero-order chi connectivity index (χ0) is 13.0. The minimum Gasteiger partial charge on any atom is -0.359 e. The average Bonchev–Trinajstić information content (AvgIpc) is 2.76. The lowest BCUT2D eigenvalue weighted by atomic mass is 10.3. The Kier molecular flexibility index (Phi) is 4.38. The number of rotatable bonds is 3. The summed E-state index contributed by atoms with van der Waals surface area (Å²) in [6, 6.07) is 5.81. The number of hydrogen-bond donors (Lipinski definition) is 2. The molecule has 4 nitrogen and oxygen atoms in total. The molecule has 2 rings (SSSR count). The number of benzene rings is 1. The van der Waals surface area contributed by atoms with Crippen molar-refractivity contribution in [3.8, 4) is 0 Å². The van der Waals surface area contributed by atoms with Crippen LogP contribution < -0.4 is 10.6 Å². The third-order valence-corrected chi connectivity index (χ3v) is 3.82. The quantitative estimate of drug-likeness (QED) is 0.671. The van der Waals surface area contributed by atoms with Crippen LogP contribution in [0.2, 0.25) is 5.02 Å². The third-order valence-electron chi connectivity index (χ3n) is 2.49. The van der Waals surface area contributed by atoms with Crippen LogP contribution in [0.25, 0.3) is 10.2 Å². The largest absolute Gasteiger partial charge is 0.359 e. The van der Waals surface area contributed by atoms with Gasteiger partial charge in [0.25, 0.3) is 0 Å². The maximum atomic E-state index is 5.94. The molecule has 1 aromatic heterocycles. The second-order valence-corrected chi connectivity index (χ2v) is 5.27. The summed E-state index contributed by atoms with van der Waals surface area (Å²) >= 11 is 7.64. The van der Waals surface area contributed by atoms with Crippen LogP contribution in [0.15, 0.2) is 23.2 Å². The van der Waals surface area contributed by atoms with Gasteiger partial charge in [-0.25, -0.2) is 4.98 Å². The molecular weight excluding hydrogens is 268 g/mol. The molecule has 0 atom stereocenters. The minimum atomic E-state index is 0.730. The monoisotopic (exact) mass is 282 g/mol. The molecule has 0 bridgehead atoms. The summed E-state index contributed by atoms with van der Waals surface area (Å²) in [4.78, 5) is 8.61. The number of fused-ring (bicyclic) bond motifs is 1. The Morgan fingerprint density at radius 3 is 3.06 bits per heavy atom. The number of guanidine groups is 1. The lowest BCUT2D eigenvalue weighted by molar-refractivity contribution is 0.830. The maximum absolute atomic E-state index is 5.94. The number of nitrogens with one attached hydrogen (secondary N) is 2. The van der Waals surface area contributed by atoms with E-state index in [0.717, 1.165) is 34.5 Å². The average molecular weight is 283 g/mol. The zero-order valence-corrected chi connectivity index (χ0v) is 11.9. The van der Waals surface area contributed by atoms with Crippen molar-refractivity contribution < 1.29 is 0 Å². The highest BCUT2D eigenvalue weighted by molar-refractivity contribution is 7.18. The van der Waals surface area contributed by atoms with Gasteiger partial charge in [-0.3, -0.25) is 4.99 Å². The van der Waals surface area contributed by atoms with Gasteiger partial charge in [-0.15, -0.1) is 11.3 Å². The summed E-state index contributed by atoms with van der Waals surface area (Å²) < 4.78 is 1.17. The lowest BCUT2D eigenvalue weighted by Gasteiger charge is -2.06. The highest BCUT2D eigenvalue weighted by Crippen LogP contribution is 2.24. The number of nitrogens with zero attached hydrogens (tertiary/aromatic N) is 2. The Labute approximate surface area is 115 Å². The van der Waals surface area contributed by atoms with Crippen LogP contribution in [-0.4, -0.2) is 31.6 Å². The summed E-state index contributed by atoms with van der Waals surface area (Å²) in [5.74, 6) is 0.791. The summed E-state index contributed by atoms with van der Waals surface area (Å²) in [6.45, 7) is 0.807. The summed E-state index contributed by atoms with van der Waals surface area (Å²) in [6.07, 6.45) is 0.873. The van der Waals surface area contributed by atoms with Gasteiger partial charge in [-0.05, 0) is 18.2 Å². The van der Waals surface area contributed by atoms with Crippen molar-refractivity contribution in [3.63, 3.8) is 0 Å². The fourth-order valence-corrected chi connectivity index (χ4v) is 2.74. The summed E-state index contributed by atoms with van der Waals surface area (Å²) in [7, 11) is 3.59. The topological polar surface area (TPSA) is 49.3 Å². The van der Waals surface area contributed by atoms with E-state index in [4.69, 9.17) is 11.6 Å². The van der Waals surface area contributed by atoms with Gasteiger partial charge < -0.3 is 10.6 Å². The molecule has 6 heteroatoms. The van der Waals surface area contributed by atoms with Crippen molar-refractivity contribution in [2.45, 2.75) is 6.42 Å². The van der Waals surface area contributed by atoms with Crippen LogP contribution in [0.1, 0.15) is 5.01 Å². The van der Waals surface area contributed by atoms with Gasteiger partial charge in [-0.2, -0.15) is 0 Å². The minimum absolute atomic E-state index is 0.730. The molecule has 0 spiro atoms. The van der Waals surface area contributed by atoms with E-state index in [1.807, 2.05) is 25.2 Å². The predicted molar refractivity (Wildman–Crippen MR) is 78.8 cm³/mol. The van der Waals surface area contributed by atoms with Gasteiger partial charge in [-0.1, -0.05) is 11.6 Å². The lowest BCUT2D eigenvalue weighted by Crippen LogP contribution is -2.35. The molecule has 0 fully saturated rings. The molecule has 0 amide bonds. The van der Waals surface area contributed by atoms with E-state index in [2.05, 4.69) is 20.6 Å². The first-order valence-electron chi connectivity index (χ1n) is 5.66. The first-order valence-corrected chi connectivity index (χ1v) is 6.85. The molecule has 0 aliphatic carbocycles. The van der Waals surface area contributed by atoms with E-state index in [1.165, 1.54) is 4.70 Å². The SMILES string of the molecule is CN=C(NC)NCCc1nc2cc(Cl)ccc2s1. The van der Waals surface area contributed by atoms with E-state index in [0.29, 0.717) is 0 Å². The zero-order valence-electron chi connectivity index (χ0n) is 10.3. The van der Waals surface area contributed by atoms with E-state index in [1.54, 1.807) is 18.4 Å². The van der Waals surface area contributed by atoms with Gasteiger partial charge >= 0.3 is 0 Å². The molecule has 18 heavy (non-hydrogen) atoms. The molecule has 2 N–H and O–H groups in total. The number of thiazole rings is 1. The first kappa shape index (κ1) is 13.1. The molecular formula is C12H15ClN4S. The molecule has 96 valence electrons. The fraction of sp³-hybridized carbons (Fsp3) is 0.333. The van der Waals surface area contributed by atoms with E-state index in [9.17, 15) is 0 Å². The smallest absolute Gasteiger partial charge is 0.190 e. The number of hydrogen-bond acceptors (Lipinski definition) is 3. The van der Waals surface area contributed by atoms with Crippen molar-refractivity contribution in [2.75, 3.05) is 20.6 Å². The molecule has 0 aliphatic heterocycles. The van der Waals surface area contributed by atoms with Crippen LogP contribution in [0.3, 0.4) is 0 Å². The van der Waals surface area contributed by atoms with E-state index in [-0.39, 0.29) is 0 Å². The molecule has 1 heterocycles. The number of aromatic nitrogens is 1. The summed E-state index contributed by atoms with van der Waals surface area (Å²) in [5.41, 5.74) is 0.973. The van der Waals surface area contributed by atoms with E-state index >= 15 is 0 Å². The van der Waals surface area contributed by atoms with Crippen LogP contribution in [0, 0.1) is 0 Å². The Bertz CT molecular complexity index is 564. The molecule has 0 saturated heterocycles. The van der Waals surface area contributed by atoms with Crippen molar-refractivity contribution in [3.05, 3.63) is 28.2 Å². The van der Waals surface area contributed by atoms with Gasteiger partial charge in [0.05, 0.1) is 15.2 Å². The van der Waals surface area contributed by atoms with Crippen molar-refractivity contribution >= 4 is 39.1 Å². The van der Waals surface area contributed by atoms with Gasteiger partial charge in [0.2, 0.25) is 0 Å². The standard InChI is InChI=1S/C12H15ClN4S/c1-14-12(15-2)16-6-5-11-17-9-7-8(13)3-4-10(9)18-11/h3-4,7H,5-6H2,1-2H3,(H2,14,15,16). The van der Waals surface area contributed by atoms with Gasteiger partial charge in [0.15, 0.2) is 5.96 Å². The van der Waals surface area contributed by atoms with Gasteiger partial charge in [0.1, 0.15) is 0 Å². The van der Waals surface area contributed by atoms with Crippen LogP contribution in [0.4, 0.5) is 0 Å². The van der Waals surface area contributed by atoms with Crippen LogP contribution >= 0.6 is 22.9 Å². The van der Waals surface area contributed by atoms with Crippen molar-refractivity contribution in [1.29, 1.82) is 0 Å². The number of halogens is 1. The Morgan fingerprint density at radius 1 is 1.50 bits per heavy atom. The van der Waals surface area contributed by atoms with Gasteiger partial charge in [0, 0.05) is 32.1 Å². The Hall–Kier alpha value is -1.33. The summed E-state index contributed by atoms with van der Waals surface area (Å²) in [5, 5.41) is 8.01. The first-order chi connectivity index (χ1) is 8.72. The second-order valence-electron chi connectivity index (χ2n) is 3.72. The van der Waals surface area contributed by atoms with Crippen LogP contribution in [-0.2, 0) is 6.42 Å². The van der Waals surface area contributed by atoms with E-state index < -0.39 is 0 Å². The number of aliphatic imine (C=N–C) groups is 1. The third kappa shape index (κ3) is 3.11. The molecule has 1 aromatic carbocycles. The normalized spacial score (nSPS) is 11.8. The Morgan fingerprint density at radius 2 is 2.33 bits per heavy atom. The Balaban J connectivity index is 2.00. The molecule has 0 saturated carbocycles. The molecule has 0 radical (unpaired) electrons. The van der Waals surface area contributed by atoms with Crippen LogP contribution in [0.5, 0.6) is 0 Å². The highest BCUT2D eigenvalue weighted by Gasteiger charge is 2.04. The predicted octanol–water partition coefficient (Wildman–Crippen LogP) is 2.29. The highest BCUT2D eigenvalue weighted by atomic mass is 35.5. The van der Waals surface area contributed by atoms with Crippen molar-refractivity contribution in [1.82, 2.24) is 15.6 Å². The van der Waals surface area contributed by atoms with Crippen molar-refractivity contribution in [2.24, 2.45) is 4.99 Å². The molecule has 0 unspecified atom stereocenters. The fourth-order valence-electron chi connectivity index (χ4n) is 1.62. The molecule has 2 aromatic rings. The second kappa shape index (κ2) is 6.02. The maximum Gasteiger partial charge on any atom is 0.190 e.